The number of rotatable bonds is 8. The molecule has 1 aliphatic carbocycles. The van der Waals surface area contributed by atoms with Crippen molar-refractivity contribution in [2.75, 3.05) is 6.61 Å². The lowest BCUT2D eigenvalue weighted by atomic mass is 10.1. The quantitative estimate of drug-likeness (QED) is 0.709. The van der Waals surface area contributed by atoms with Gasteiger partial charge in [-0.1, -0.05) is 18.2 Å². The van der Waals surface area contributed by atoms with Crippen LogP contribution in [0.25, 0.3) is 0 Å². The van der Waals surface area contributed by atoms with Crippen molar-refractivity contribution in [1.29, 1.82) is 0 Å². The molecule has 3 rings (SSSR count). The lowest BCUT2D eigenvalue weighted by Crippen LogP contribution is -2.29. The van der Waals surface area contributed by atoms with E-state index in [1.807, 2.05) is 38.1 Å². The first-order valence-electron chi connectivity index (χ1n) is 9.46. The van der Waals surface area contributed by atoms with Gasteiger partial charge in [-0.15, -0.1) is 0 Å². The molecule has 1 amide bonds. The van der Waals surface area contributed by atoms with Crippen molar-refractivity contribution >= 4 is 15.9 Å². The first-order chi connectivity index (χ1) is 13.3. The van der Waals surface area contributed by atoms with Gasteiger partial charge in [-0.3, -0.25) is 4.79 Å². The molecule has 0 aromatic heterocycles. The fraction of sp³-hybridized carbons (Fsp3) is 0.381. The topological polar surface area (TPSA) is 84.5 Å². The minimum Gasteiger partial charge on any atom is -0.494 e. The molecule has 1 atom stereocenters. The molecule has 28 heavy (non-hydrogen) atoms. The van der Waals surface area contributed by atoms with E-state index in [1.165, 1.54) is 12.1 Å². The monoisotopic (exact) mass is 402 g/mol. The number of ether oxygens (including phenoxy) is 1. The van der Waals surface area contributed by atoms with Crippen LogP contribution in [-0.4, -0.2) is 27.0 Å². The minimum absolute atomic E-state index is 0.0169. The van der Waals surface area contributed by atoms with E-state index >= 15 is 0 Å². The summed E-state index contributed by atoms with van der Waals surface area (Å²) in [6.45, 7) is 6.20. The highest BCUT2D eigenvalue weighted by Crippen LogP contribution is 2.24. The van der Waals surface area contributed by atoms with E-state index in [0.29, 0.717) is 12.2 Å². The Morgan fingerprint density at radius 1 is 1.18 bits per heavy atom. The van der Waals surface area contributed by atoms with Crippen LogP contribution in [0.2, 0.25) is 0 Å². The van der Waals surface area contributed by atoms with Gasteiger partial charge in [-0.25, -0.2) is 13.1 Å². The summed E-state index contributed by atoms with van der Waals surface area (Å²) in [5.41, 5.74) is 2.02. The maximum atomic E-state index is 12.8. The van der Waals surface area contributed by atoms with E-state index < -0.39 is 10.0 Å². The van der Waals surface area contributed by atoms with E-state index in [1.54, 1.807) is 13.0 Å². The first-order valence-corrected chi connectivity index (χ1v) is 10.9. The second-order valence-electron chi connectivity index (χ2n) is 7.07. The van der Waals surface area contributed by atoms with Gasteiger partial charge >= 0.3 is 0 Å². The molecule has 1 fully saturated rings. The van der Waals surface area contributed by atoms with Gasteiger partial charge in [-0.2, -0.15) is 0 Å². The molecule has 150 valence electrons. The van der Waals surface area contributed by atoms with Gasteiger partial charge in [-0.05, 0) is 69.0 Å². The number of carbonyl (C=O) groups excluding carboxylic acids is 1. The van der Waals surface area contributed by atoms with Gasteiger partial charge in [0.2, 0.25) is 10.0 Å². The molecule has 1 aliphatic rings. The molecule has 1 saturated carbocycles. The Bertz CT molecular complexity index is 951. The SMILES string of the molecule is CCOc1ccc(C(C)NC(=O)c2cc(S(=O)(=O)NC3CC3)ccc2C)cc1. The van der Waals surface area contributed by atoms with Crippen molar-refractivity contribution < 1.29 is 17.9 Å². The zero-order chi connectivity index (χ0) is 20.3. The number of hydrogen-bond acceptors (Lipinski definition) is 4. The number of amides is 1. The fourth-order valence-electron chi connectivity index (χ4n) is 2.88. The number of benzene rings is 2. The highest BCUT2D eigenvalue weighted by atomic mass is 32.2. The molecule has 6 nitrogen and oxygen atoms in total. The Labute approximate surface area is 166 Å². The molecule has 0 heterocycles. The lowest BCUT2D eigenvalue weighted by molar-refractivity contribution is 0.0939. The average Bonchev–Trinajstić information content (AvgIpc) is 3.46. The molecule has 0 saturated heterocycles. The third kappa shape index (κ3) is 4.91. The largest absolute Gasteiger partial charge is 0.494 e. The fourth-order valence-corrected chi connectivity index (χ4v) is 4.21. The molecule has 0 radical (unpaired) electrons. The predicted molar refractivity (Wildman–Crippen MR) is 108 cm³/mol. The number of nitrogens with one attached hydrogen (secondary N) is 2. The van der Waals surface area contributed by atoms with Crippen LogP contribution in [0.4, 0.5) is 0 Å². The van der Waals surface area contributed by atoms with Gasteiger partial charge in [0, 0.05) is 11.6 Å². The van der Waals surface area contributed by atoms with Crippen molar-refractivity contribution in [2.45, 2.75) is 50.6 Å². The van der Waals surface area contributed by atoms with E-state index in [2.05, 4.69) is 10.0 Å². The summed E-state index contributed by atoms with van der Waals surface area (Å²) in [5.74, 6) is 0.476. The van der Waals surface area contributed by atoms with Crippen LogP contribution >= 0.6 is 0 Å². The molecular weight excluding hydrogens is 376 g/mol. The molecule has 7 heteroatoms. The maximum absolute atomic E-state index is 12.8. The summed E-state index contributed by atoms with van der Waals surface area (Å²) in [7, 11) is -3.60. The molecule has 0 spiro atoms. The van der Waals surface area contributed by atoms with Gasteiger partial charge in [0.15, 0.2) is 0 Å². The summed E-state index contributed by atoms with van der Waals surface area (Å²) >= 11 is 0. The van der Waals surface area contributed by atoms with E-state index in [4.69, 9.17) is 4.74 Å². The molecule has 1 unspecified atom stereocenters. The maximum Gasteiger partial charge on any atom is 0.252 e. The third-order valence-electron chi connectivity index (χ3n) is 4.70. The predicted octanol–water partition coefficient (Wildman–Crippen LogP) is 3.33. The van der Waals surface area contributed by atoms with Gasteiger partial charge in [0.1, 0.15) is 5.75 Å². The average molecular weight is 403 g/mol. The van der Waals surface area contributed by atoms with Crippen molar-refractivity contribution in [2.24, 2.45) is 0 Å². The van der Waals surface area contributed by atoms with Crippen LogP contribution in [-0.2, 0) is 10.0 Å². The van der Waals surface area contributed by atoms with Gasteiger partial charge < -0.3 is 10.1 Å². The number of hydrogen-bond donors (Lipinski definition) is 2. The Kier molecular flexibility index (Phi) is 6.05. The van der Waals surface area contributed by atoms with Crippen LogP contribution in [0.5, 0.6) is 5.75 Å². The molecule has 0 bridgehead atoms. The van der Waals surface area contributed by atoms with Gasteiger partial charge in [0.05, 0.1) is 17.5 Å². The standard InChI is InChI=1S/C21H26N2O4S/c1-4-27-18-10-6-16(7-11-18)15(3)22-21(24)20-13-19(12-5-14(20)2)28(25,26)23-17-8-9-17/h5-7,10-13,15,17,23H,4,8-9H2,1-3H3,(H,22,24). The highest BCUT2D eigenvalue weighted by molar-refractivity contribution is 7.89. The minimum atomic E-state index is -3.60. The van der Waals surface area contributed by atoms with Crippen LogP contribution in [0.1, 0.15) is 54.2 Å². The smallest absolute Gasteiger partial charge is 0.252 e. The molecule has 2 aromatic rings. The van der Waals surface area contributed by atoms with Crippen LogP contribution < -0.4 is 14.8 Å². The number of carbonyl (C=O) groups is 1. The second-order valence-corrected chi connectivity index (χ2v) is 8.78. The van der Waals surface area contributed by atoms with E-state index in [0.717, 1.165) is 29.7 Å². The van der Waals surface area contributed by atoms with E-state index in [9.17, 15) is 13.2 Å². The van der Waals surface area contributed by atoms with Crippen LogP contribution in [0.3, 0.4) is 0 Å². The van der Waals surface area contributed by atoms with Crippen LogP contribution in [0.15, 0.2) is 47.4 Å². The summed E-state index contributed by atoms with van der Waals surface area (Å²) in [6.07, 6.45) is 1.72. The Balaban J connectivity index is 1.75. The molecule has 2 aromatic carbocycles. The molecular formula is C21H26N2O4S. The second kappa shape index (κ2) is 8.32. The Morgan fingerprint density at radius 2 is 1.86 bits per heavy atom. The Hall–Kier alpha value is -2.38. The Morgan fingerprint density at radius 3 is 2.46 bits per heavy atom. The summed E-state index contributed by atoms with van der Waals surface area (Å²) < 4.78 is 33.0. The first kappa shape index (κ1) is 20.4. The summed E-state index contributed by atoms with van der Waals surface area (Å²) in [4.78, 5) is 12.9. The zero-order valence-corrected chi connectivity index (χ0v) is 17.2. The summed E-state index contributed by atoms with van der Waals surface area (Å²) in [5, 5.41) is 2.94. The van der Waals surface area contributed by atoms with Crippen molar-refractivity contribution in [3.63, 3.8) is 0 Å². The van der Waals surface area contributed by atoms with Crippen molar-refractivity contribution in [1.82, 2.24) is 10.0 Å². The zero-order valence-electron chi connectivity index (χ0n) is 16.4. The summed E-state index contributed by atoms with van der Waals surface area (Å²) in [6, 6.07) is 12.0. The van der Waals surface area contributed by atoms with Crippen molar-refractivity contribution in [3.8, 4) is 5.75 Å². The van der Waals surface area contributed by atoms with Crippen molar-refractivity contribution in [3.05, 3.63) is 59.2 Å². The molecule has 0 aliphatic heterocycles. The van der Waals surface area contributed by atoms with Crippen LogP contribution in [0, 0.1) is 6.92 Å². The lowest BCUT2D eigenvalue weighted by Gasteiger charge is -2.16. The normalized spacial score (nSPS) is 15.1. The molecule has 2 N–H and O–H groups in total. The number of aryl methyl sites for hydroxylation is 1. The van der Waals surface area contributed by atoms with E-state index in [-0.39, 0.29) is 22.9 Å². The number of sulfonamides is 1. The highest BCUT2D eigenvalue weighted by Gasteiger charge is 2.28. The third-order valence-corrected chi connectivity index (χ3v) is 6.22. The van der Waals surface area contributed by atoms with Gasteiger partial charge in [0.25, 0.3) is 5.91 Å².